The second-order valence-corrected chi connectivity index (χ2v) is 7.75. The Kier molecular flexibility index (Phi) is 6.17. The largest absolute Gasteiger partial charge is 0.493 e. The molecular formula is C16H21NO4S2. The summed E-state index contributed by atoms with van der Waals surface area (Å²) in [7, 11) is -3.67. The van der Waals surface area contributed by atoms with Gasteiger partial charge in [0, 0.05) is 6.54 Å². The van der Waals surface area contributed by atoms with Crippen molar-refractivity contribution < 1.29 is 18.3 Å². The number of aliphatic hydroxyl groups excluding tert-OH is 1. The fraction of sp³-hybridized carbons (Fsp3) is 0.375. The first-order valence-corrected chi connectivity index (χ1v) is 9.80. The van der Waals surface area contributed by atoms with Gasteiger partial charge in [-0.05, 0) is 59.5 Å². The predicted octanol–water partition coefficient (Wildman–Crippen LogP) is 2.86. The van der Waals surface area contributed by atoms with Crippen LogP contribution in [0.5, 0.6) is 5.75 Å². The smallest absolute Gasteiger partial charge is 0.240 e. The number of thiophene rings is 1. The van der Waals surface area contributed by atoms with Gasteiger partial charge in [0.25, 0.3) is 0 Å². The third kappa shape index (κ3) is 4.78. The van der Waals surface area contributed by atoms with Gasteiger partial charge in [-0.15, -0.1) is 0 Å². The molecule has 1 unspecified atom stereocenters. The fourth-order valence-electron chi connectivity index (χ4n) is 2.02. The molecule has 1 atom stereocenters. The zero-order valence-electron chi connectivity index (χ0n) is 13.2. The van der Waals surface area contributed by atoms with Gasteiger partial charge in [0.2, 0.25) is 10.0 Å². The minimum absolute atomic E-state index is 0.0633. The molecule has 0 aliphatic heterocycles. The number of nitrogens with one attached hydrogen (secondary N) is 1. The molecule has 2 rings (SSSR count). The Hall–Kier alpha value is -1.41. The quantitative estimate of drug-likeness (QED) is 0.763. The van der Waals surface area contributed by atoms with Crippen LogP contribution < -0.4 is 9.46 Å². The van der Waals surface area contributed by atoms with Gasteiger partial charge < -0.3 is 9.84 Å². The van der Waals surface area contributed by atoms with E-state index in [1.165, 1.54) is 17.4 Å². The standard InChI is InChI=1S/C16H21NO4S2/c1-3-7-21-16-5-4-14(9-12(16)2)23(19,20)17-10-15(18)13-6-8-22-11-13/h4-6,8-9,11,15,17-18H,3,7,10H2,1-2H3. The summed E-state index contributed by atoms with van der Waals surface area (Å²) >= 11 is 1.46. The van der Waals surface area contributed by atoms with Crippen LogP contribution in [0.3, 0.4) is 0 Å². The Morgan fingerprint density at radius 2 is 2.13 bits per heavy atom. The molecule has 126 valence electrons. The van der Waals surface area contributed by atoms with Gasteiger partial charge in [0.05, 0.1) is 17.6 Å². The molecule has 1 aromatic heterocycles. The van der Waals surface area contributed by atoms with E-state index in [1.54, 1.807) is 23.6 Å². The molecule has 7 heteroatoms. The monoisotopic (exact) mass is 355 g/mol. The van der Waals surface area contributed by atoms with E-state index in [0.717, 1.165) is 12.0 Å². The van der Waals surface area contributed by atoms with Crippen LogP contribution in [0, 0.1) is 6.92 Å². The van der Waals surface area contributed by atoms with E-state index >= 15 is 0 Å². The first-order chi connectivity index (χ1) is 10.9. The van der Waals surface area contributed by atoms with Crippen molar-refractivity contribution in [2.24, 2.45) is 0 Å². The number of hydrogen-bond acceptors (Lipinski definition) is 5. The molecule has 0 saturated carbocycles. The summed E-state index contributed by atoms with van der Waals surface area (Å²) in [4.78, 5) is 0.163. The van der Waals surface area contributed by atoms with Crippen molar-refractivity contribution in [1.29, 1.82) is 0 Å². The topological polar surface area (TPSA) is 75.6 Å². The normalized spacial score (nSPS) is 13.0. The van der Waals surface area contributed by atoms with Crippen molar-refractivity contribution in [3.8, 4) is 5.75 Å². The van der Waals surface area contributed by atoms with Crippen LogP contribution in [0.15, 0.2) is 39.9 Å². The maximum Gasteiger partial charge on any atom is 0.240 e. The van der Waals surface area contributed by atoms with E-state index in [9.17, 15) is 13.5 Å². The van der Waals surface area contributed by atoms with Crippen LogP contribution in [-0.4, -0.2) is 26.7 Å². The van der Waals surface area contributed by atoms with E-state index in [0.29, 0.717) is 17.9 Å². The molecule has 1 aromatic carbocycles. The summed E-state index contributed by atoms with van der Waals surface area (Å²) in [5, 5.41) is 13.6. The third-order valence-corrected chi connectivity index (χ3v) is 5.44. The highest BCUT2D eigenvalue weighted by atomic mass is 32.2. The van der Waals surface area contributed by atoms with Crippen molar-refractivity contribution >= 4 is 21.4 Å². The highest BCUT2D eigenvalue weighted by Gasteiger charge is 2.18. The van der Waals surface area contributed by atoms with E-state index in [4.69, 9.17) is 4.74 Å². The number of sulfonamides is 1. The van der Waals surface area contributed by atoms with Crippen LogP contribution in [0.2, 0.25) is 0 Å². The Morgan fingerprint density at radius 1 is 1.35 bits per heavy atom. The van der Waals surface area contributed by atoms with Crippen molar-refractivity contribution in [3.05, 3.63) is 46.2 Å². The SMILES string of the molecule is CCCOc1ccc(S(=O)(=O)NCC(O)c2ccsc2)cc1C. The molecule has 1 heterocycles. The van der Waals surface area contributed by atoms with Gasteiger partial charge in [-0.1, -0.05) is 6.92 Å². The summed E-state index contributed by atoms with van der Waals surface area (Å²) in [5.74, 6) is 0.684. The fourth-order valence-corrected chi connectivity index (χ4v) is 3.85. The summed E-state index contributed by atoms with van der Waals surface area (Å²) in [6.45, 7) is 4.35. The molecule has 5 nitrogen and oxygen atoms in total. The average molecular weight is 355 g/mol. The van der Waals surface area contributed by atoms with E-state index in [1.807, 2.05) is 19.2 Å². The molecule has 0 fully saturated rings. The maximum absolute atomic E-state index is 12.3. The van der Waals surface area contributed by atoms with Crippen LogP contribution in [0.1, 0.15) is 30.6 Å². The molecule has 23 heavy (non-hydrogen) atoms. The average Bonchev–Trinajstić information content (AvgIpc) is 3.06. The molecule has 0 radical (unpaired) electrons. The zero-order valence-corrected chi connectivity index (χ0v) is 14.8. The molecule has 0 spiro atoms. The van der Waals surface area contributed by atoms with Crippen LogP contribution in [0.4, 0.5) is 0 Å². The van der Waals surface area contributed by atoms with Crippen molar-refractivity contribution in [2.45, 2.75) is 31.3 Å². The van der Waals surface area contributed by atoms with E-state index < -0.39 is 16.1 Å². The van der Waals surface area contributed by atoms with Gasteiger partial charge >= 0.3 is 0 Å². The van der Waals surface area contributed by atoms with E-state index in [2.05, 4.69) is 4.72 Å². The van der Waals surface area contributed by atoms with Crippen LogP contribution >= 0.6 is 11.3 Å². The number of hydrogen-bond donors (Lipinski definition) is 2. The highest BCUT2D eigenvalue weighted by Crippen LogP contribution is 2.22. The number of ether oxygens (including phenoxy) is 1. The molecule has 0 saturated heterocycles. The van der Waals surface area contributed by atoms with Gasteiger partial charge in [-0.2, -0.15) is 11.3 Å². The van der Waals surface area contributed by atoms with Crippen LogP contribution in [0.25, 0.3) is 0 Å². The van der Waals surface area contributed by atoms with Crippen molar-refractivity contribution in [2.75, 3.05) is 13.2 Å². The Balaban J connectivity index is 2.05. The van der Waals surface area contributed by atoms with Gasteiger partial charge in [0.15, 0.2) is 0 Å². The molecule has 0 aliphatic rings. The van der Waals surface area contributed by atoms with E-state index in [-0.39, 0.29) is 11.4 Å². The Labute approximate surface area is 141 Å². The zero-order chi connectivity index (χ0) is 16.9. The minimum atomic E-state index is -3.67. The summed E-state index contributed by atoms with van der Waals surface area (Å²) in [6, 6.07) is 6.52. The number of benzene rings is 1. The number of rotatable bonds is 8. The maximum atomic E-state index is 12.3. The third-order valence-electron chi connectivity index (χ3n) is 3.31. The van der Waals surface area contributed by atoms with Crippen LogP contribution in [-0.2, 0) is 10.0 Å². The molecule has 0 bridgehead atoms. The first-order valence-electron chi connectivity index (χ1n) is 7.37. The predicted molar refractivity (Wildman–Crippen MR) is 91.4 cm³/mol. The Morgan fingerprint density at radius 3 is 2.74 bits per heavy atom. The lowest BCUT2D eigenvalue weighted by Gasteiger charge is -2.13. The molecule has 2 N–H and O–H groups in total. The molecule has 0 amide bonds. The summed E-state index contributed by atoms with van der Waals surface area (Å²) in [6.07, 6.45) is 0.0332. The molecular weight excluding hydrogens is 334 g/mol. The Bertz CT molecular complexity index is 727. The second kappa shape index (κ2) is 7.92. The first kappa shape index (κ1) is 17.9. The highest BCUT2D eigenvalue weighted by molar-refractivity contribution is 7.89. The minimum Gasteiger partial charge on any atom is -0.493 e. The molecule has 0 aliphatic carbocycles. The summed E-state index contributed by atoms with van der Waals surface area (Å²) < 4.78 is 32.6. The van der Waals surface area contributed by atoms with Crippen molar-refractivity contribution in [1.82, 2.24) is 4.72 Å². The van der Waals surface area contributed by atoms with Crippen molar-refractivity contribution in [3.63, 3.8) is 0 Å². The number of aliphatic hydroxyl groups is 1. The van der Waals surface area contributed by atoms with Gasteiger partial charge in [-0.3, -0.25) is 0 Å². The van der Waals surface area contributed by atoms with Gasteiger partial charge in [-0.25, -0.2) is 13.1 Å². The second-order valence-electron chi connectivity index (χ2n) is 5.20. The number of aryl methyl sites for hydroxylation is 1. The summed E-state index contributed by atoms with van der Waals surface area (Å²) in [5.41, 5.74) is 1.47. The lowest BCUT2D eigenvalue weighted by molar-refractivity contribution is 0.182. The lowest BCUT2D eigenvalue weighted by Crippen LogP contribution is -2.28. The molecule has 2 aromatic rings. The van der Waals surface area contributed by atoms with Gasteiger partial charge in [0.1, 0.15) is 5.75 Å². The lowest BCUT2D eigenvalue weighted by atomic mass is 10.2.